The summed E-state index contributed by atoms with van der Waals surface area (Å²) in [5.74, 6) is 2.19. The van der Waals surface area contributed by atoms with Crippen molar-refractivity contribution >= 4 is 0 Å². The topological polar surface area (TPSA) is 42.5 Å². The third-order valence-electron chi connectivity index (χ3n) is 5.92. The second-order valence-electron chi connectivity index (χ2n) is 7.49. The van der Waals surface area contributed by atoms with Crippen LogP contribution in [0.3, 0.4) is 0 Å². The molecule has 4 nitrogen and oxygen atoms in total. The van der Waals surface area contributed by atoms with E-state index >= 15 is 0 Å². The van der Waals surface area contributed by atoms with E-state index in [1.54, 1.807) is 0 Å². The minimum Gasteiger partial charge on any atom is -0.493 e. The molecule has 2 atom stereocenters. The largest absolute Gasteiger partial charge is 0.493 e. The summed E-state index contributed by atoms with van der Waals surface area (Å²) in [6.45, 7) is 3.53. The first-order valence-corrected chi connectivity index (χ1v) is 9.85. The summed E-state index contributed by atoms with van der Waals surface area (Å²) in [6, 6.07) is 13.8. The lowest BCUT2D eigenvalue weighted by atomic mass is 9.91. The molecule has 0 aliphatic carbocycles. The van der Waals surface area contributed by atoms with Gasteiger partial charge < -0.3 is 20.1 Å². The Morgan fingerprint density at radius 1 is 1.08 bits per heavy atom. The van der Waals surface area contributed by atoms with Crippen molar-refractivity contribution in [2.75, 3.05) is 19.8 Å². The number of hydrogen-bond donors (Lipinski definition) is 2. The fourth-order valence-corrected chi connectivity index (χ4v) is 4.62. The van der Waals surface area contributed by atoms with E-state index in [2.05, 4.69) is 47.0 Å². The number of ether oxygens (including phenoxy) is 2. The number of hydrogen-bond acceptors (Lipinski definition) is 4. The van der Waals surface area contributed by atoms with Crippen molar-refractivity contribution in [3.63, 3.8) is 0 Å². The standard InChI is InChI=1S/C22H26N2O2/c1-2-5-15(6-3-1)21-19(7-4-10-23-21)24-14-18-17-9-12-25-20(17)13-16-8-11-26-22(16)18/h1-3,5-6,13,19,21,23-24H,4,7-12,14H2/t19-,21+/m0/s1. The van der Waals surface area contributed by atoms with Crippen LogP contribution in [0.25, 0.3) is 0 Å². The van der Waals surface area contributed by atoms with E-state index in [1.807, 2.05) is 0 Å². The van der Waals surface area contributed by atoms with Crippen LogP contribution in [0, 0.1) is 0 Å². The van der Waals surface area contributed by atoms with Crippen LogP contribution in [0.2, 0.25) is 0 Å². The van der Waals surface area contributed by atoms with Crippen molar-refractivity contribution in [1.82, 2.24) is 10.6 Å². The van der Waals surface area contributed by atoms with E-state index in [4.69, 9.17) is 9.47 Å². The maximum Gasteiger partial charge on any atom is 0.127 e. The third kappa shape index (κ3) is 2.87. The van der Waals surface area contributed by atoms with Crippen LogP contribution in [-0.2, 0) is 19.4 Å². The molecule has 3 aliphatic heterocycles. The summed E-state index contributed by atoms with van der Waals surface area (Å²) < 4.78 is 11.8. The molecule has 2 aromatic rings. The maximum absolute atomic E-state index is 6.00. The first kappa shape index (κ1) is 16.2. The summed E-state index contributed by atoms with van der Waals surface area (Å²) in [6.07, 6.45) is 4.40. The van der Waals surface area contributed by atoms with Crippen molar-refractivity contribution in [1.29, 1.82) is 0 Å². The maximum atomic E-state index is 6.00. The highest BCUT2D eigenvalue weighted by molar-refractivity contribution is 5.56. The predicted molar refractivity (Wildman–Crippen MR) is 102 cm³/mol. The molecular formula is C22H26N2O2. The Bertz CT molecular complexity index is 758. The first-order chi connectivity index (χ1) is 12.9. The molecule has 0 aromatic heterocycles. The molecule has 1 saturated heterocycles. The van der Waals surface area contributed by atoms with Gasteiger partial charge in [-0.2, -0.15) is 0 Å². The van der Waals surface area contributed by atoms with Gasteiger partial charge in [-0.05, 0) is 31.0 Å². The first-order valence-electron chi connectivity index (χ1n) is 9.85. The molecule has 5 rings (SSSR count). The molecule has 0 radical (unpaired) electrons. The number of piperidine rings is 1. The zero-order valence-corrected chi connectivity index (χ0v) is 15.1. The van der Waals surface area contributed by atoms with E-state index in [0.29, 0.717) is 12.1 Å². The van der Waals surface area contributed by atoms with E-state index in [9.17, 15) is 0 Å². The second-order valence-corrected chi connectivity index (χ2v) is 7.49. The van der Waals surface area contributed by atoms with Crippen molar-refractivity contribution in [2.24, 2.45) is 0 Å². The van der Waals surface area contributed by atoms with Gasteiger partial charge in [0.1, 0.15) is 11.5 Å². The van der Waals surface area contributed by atoms with Crippen LogP contribution in [0.1, 0.15) is 41.1 Å². The molecule has 3 heterocycles. The Labute approximate surface area is 154 Å². The Hall–Kier alpha value is -2.04. The molecule has 0 spiro atoms. The molecule has 136 valence electrons. The van der Waals surface area contributed by atoms with Gasteiger partial charge in [0.2, 0.25) is 0 Å². The van der Waals surface area contributed by atoms with Gasteiger partial charge in [0.25, 0.3) is 0 Å². The smallest absolute Gasteiger partial charge is 0.127 e. The molecule has 0 bridgehead atoms. The minimum atomic E-state index is 0.368. The van der Waals surface area contributed by atoms with Gasteiger partial charge >= 0.3 is 0 Å². The van der Waals surface area contributed by atoms with Gasteiger partial charge in [0.05, 0.1) is 13.2 Å². The van der Waals surface area contributed by atoms with Gasteiger partial charge in [-0.25, -0.2) is 0 Å². The quantitative estimate of drug-likeness (QED) is 0.889. The molecule has 0 amide bonds. The molecule has 3 aliphatic rings. The molecular weight excluding hydrogens is 324 g/mol. The van der Waals surface area contributed by atoms with Crippen molar-refractivity contribution in [2.45, 2.75) is 44.3 Å². The zero-order chi connectivity index (χ0) is 17.3. The number of rotatable bonds is 4. The van der Waals surface area contributed by atoms with E-state index in [0.717, 1.165) is 50.6 Å². The summed E-state index contributed by atoms with van der Waals surface area (Å²) in [7, 11) is 0. The number of benzene rings is 2. The van der Waals surface area contributed by atoms with Crippen LogP contribution in [0.5, 0.6) is 11.5 Å². The zero-order valence-electron chi connectivity index (χ0n) is 15.1. The Balaban J connectivity index is 1.39. The number of fused-ring (bicyclic) bond motifs is 2. The molecule has 0 saturated carbocycles. The summed E-state index contributed by atoms with van der Waals surface area (Å²) >= 11 is 0. The summed E-state index contributed by atoms with van der Waals surface area (Å²) in [4.78, 5) is 0. The molecule has 4 heteroatoms. The lowest BCUT2D eigenvalue weighted by molar-refractivity contribution is 0.301. The highest BCUT2D eigenvalue weighted by atomic mass is 16.5. The van der Waals surface area contributed by atoms with Crippen molar-refractivity contribution in [3.8, 4) is 11.5 Å². The normalized spacial score (nSPS) is 23.8. The van der Waals surface area contributed by atoms with Gasteiger partial charge in [0.15, 0.2) is 0 Å². The average Bonchev–Trinajstić information content (AvgIpc) is 3.35. The van der Waals surface area contributed by atoms with E-state index in [1.165, 1.54) is 35.1 Å². The fraction of sp³-hybridized carbons (Fsp3) is 0.455. The summed E-state index contributed by atoms with van der Waals surface area (Å²) in [5, 5.41) is 7.56. The fourth-order valence-electron chi connectivity index (χ4n) is 4.62. The highest BCUT2D eigenvalue weighted by Crippen LogP contribution is 2.40. The molecule has 26 heavy (non-hydrogen) atoms. The molecule has 1 fully saturated rings. The second kappa shape index (κ2) is 6.93. The Morgan fingerprint density at radius 3 is 2.88 bits per heavy atom. The van der Waals surface area contributed by atoms with Crippen molar-refractivity contribution in [3.05, 3.63) is 58.7 Å². The van der Waals surface area contributed by atoms with Gasteiger partial charge in [-0.15, -0.1) is 0 Å². The van der Waals surface area contributed by atoms with E-state index in [-0.39, 0.29) is 0 Å². The average molecular weight is 350 g/mol. The lowest BCUT2D eigenvalue weighted by Crippen LogP contribution is -2.45. The van der Waals surface area contributed by atoms with Crippen molar-refractivity contribution < 1.29 is 9.47 Å². The van der Waals surface area contributed by atoms with Crippen LogP contribution in [-0.4, -0.2) is 25.8 Å². The van der Waals surface area contributed by atoms with Gasteiger partial charge in [0, 0.05) is 48.2 Å². The lowest BCUT2D eigenvalue weighted by Gasteiger charge is -2.34. The van der Waals surface area contributed by atoms with Gasteiger partial charge in [-0.1, -0.05) is 30.3 Å². The number of nitrogens with one attached hydrogen (secondary N) is 2. The Morgan fingerprint density at radius 2 is 1.96 bits per heavy atom. The van der Waals surface area contributed by atoms with Crippen LogP contribution >= 0.6 is 0 Å². The summed E-state index contributed by atoms with van der Waals surface area (Å²) in [5.41, 5.74) is 5.35. The van der Waals surface area contributed by atoms with E-state index < -0.39 is 0 Å². The van der Waals surface area contributed by atoms with Crippen LogP contribution < -0.4 is 20.1 Å². The highest BCUT2D eigenvalue weighted by Gasteiger charge is 2.29. The SMILES string of the molecule is c1ccc([C@H]2NCCC[C@@H]2NCc2c3c(cc4c2OCC4)OCC3)cc1. The monoisotopic (exact) mass is 350 g/mol. The minimum absolute atomic E-state index is 0.368. The van der Waals surface area contributed by atoms with Crippen LogP contribution in [0.4, 0.5) is 0 Å². The predicted octanol–water partition coefficient (Wildman–Crippen LogP) is 3.14. The van der Waals surface area contributed by atoms with Gasteiger partial charge in [-0.3, -0.25) is 0 Å². The third-order valence-corrected chi connectivity index (χ3v) is 5.92. The Kier molecular flexibility index (Phi) is 4.31. The van der Waals surface area contributed by atoms with Crippen LogP contribution in [0.15, 0.2) is 36.4 Å². The molecule has 0 unspecified atom stereocenters. The molecule has 2 aromatic carbocycles. The molecule has 2 N–H and O–H groups in total.